The summed E-state index contributed by atoms with van der Waals surface area (Å²) in [5.74, 6) is 0.154. The van der Waals surface area contributed by atoms with Gasteiger partial charge in [0.2, 0.25) is 17.6 Å². The van der Waals surface area contributed by atoms with Crippen molar-refractivity contribution in [2.24, 2.45) is 0 Å². The van der Waals surface area contributed by atoms with E-state index in [2.05, 4.69) is 20.4 Å². The van der Waals surface area contributed by atoms with Gasteiger partial charge in [0.25, 0.3) is 0 Å². The van der Waals surface area contributed by atoms with Crippen LogP contribution in [0.5, 0.6) is 5.88 Å². The number of carbonyl (C=O) groups is 2. The van der Waals surface area contributed by atoms with Gasteiger partial charge < -0.3 is 10.1 Å². The van der Waals surface area contributed by atoms with Gasteiger partial charge in [0, 0.05) is 34.8 Å². The van der Waals surface area contributed by atoms with Crippen LogP contribution in [0.4, 0.5) is 11.6 Å². The Bertz CT molecular complexity index is 1220. The number of Topliss-reactive ketones (excluding diaryl/α,β-unsaturated/α-hetero) is 1. The summed E-state index contributed by atoms with van der Waals surface area (Å²) in [5, 5.41) is 7.90. The molecule has 3 aromatic heterocycles. The van der Waals surface area contributed by atoms with E-state index in [1.807, 2.05) is 12.1 Å². The smallest absolute Gasteiger partial charge is 0.247 e. The van der Waals surface area contributed by atoms with Crippen LogP contribution >= 0.6 is 11.6 Å². The molecule has 144 valence electrons. The number of carbonyl (C=O) groups excluding carboxylic acids is 2. The molecule has 8 nitrogen and oxygen atoms in total. The molecule has 0 spiro atoms. The number of nitrogens with one attached hydrogen (secondary N) is 1. The molecule has 0 saturated heterocycles. The fourth-order valence-corrected chi connectivity index (χ4v) is 3.07. The molecule has 0 unspecified atom stereocenters. The fourth-order valence-electron chi connectivity index (χ4n) is 2.82. The number of pyridine rings is 2. The Labute approximate surface area is 170 Å². The van der Waals surface area contributed by atoms with Gasteiger partial charge in [-0.25, -0.2) is 9.50 Å². The molecule has 4 aromatic rings. The quantitative estimate of drug-likeness (QED) is 0.296. The Kier molecular flexibility index (Phi) is 4.92. The lowest BCUT2D eigenvalue weighted by atomic mass is 10.1. The molecular weight excluding hydrogens is 394 g/mol. The van der Waals surface area contributed by atoms with E-state index in [0.29, 0.717) is 33.7 Å². The van der Waals surface area contributed by atoms with Gasteiger partial charge in [0.15, 0.2) is 11.9 Å². The second-order valence-electron chi connectivity index (χ2n) is 6.02. The second kappa shape index (κ2) is 7.69. The number of aldehydes is 1. The number of hydrogen-bond donors (Lipinski definition) is 1. The maximum Gasteiger partial charge on any atom is 0.247 e. The molecule has 0 atom stereocenters. The second-order valence-corrected chi connectivity index (χ2v) is 6.43. The third-order valence-electron chi connectivity index (χ3n) is 4.21. The highest BCUT2D eigenvalue weighted by Gasteiger charge is 2.13. The van der Waals surface area contributed by atoms with Crippen LogP contribution in [0.15, 0.2) is 54.9 Å². The fraction of sp³-hybridized carbons (Fsp3) is 0.0500. The molecule has 0 amide bonds. The van der Waals surface area contributed by atoms with E-state index < -0.39 is 5.78 Å². The lowest BCUT2D eigenvalue weighted by Crippen LogP contribution is -2.00. The Hall–Kier alpha value is -3.78. The first-order chi connectivity index (χ1) is 14.1. The van der Waals surface area contributed by atoms with Crippen molar-refractivity contribution in [1.29, 1.82) is 0 Å². The van der Waals surface area contributed by atoms with Crippen molar-refractivity contribution in [3.63, 3.8) is 0 Å². The minimum atomic E-state index is -0.571. The largest absolute Gasteiger partial charge is 0.480 e. The number of halogens is 1. The SMILES string of the molecule is COc1ncc(-c2cccn3nc(Nc4ccc(C(=O)C=O)cc4)nc23)cc1Cl. The van der Waals surface area contributed by atoms with Gasteiger partial charge in [0.1, 0.15) is 5.02 Å². The third-order valence-corrected chi connectivity index (χ3v) is 4.48. The summed E-state index contributed by atoms with van der Waals surface area (Å²) in [6.45, 7) is 0. The topological polar surface area (TPSA) is 98.5 Å². The number of ether oxygens (including phenoxy) is 1. The third kappa shape index (κ3) is 3.65. The van der Waals surface area contributed by atoms with Crippen molar-refractivity contribution in [3.05, 3.63) is 65.4 Å². The number of benzene rings is 1. The Morgan fingerprint density at radius 3 is 2.72 bits per heavy atom. The first kappa shape index (κ1) is 18.6. The zero-order valence-electron chi connectivity index (χ0n) is 15.2. The zero-order chi connectivity index (χ0) is 20.4. The van der Waals surface area contributed by atoms with E-state index in [1.54, 1.807) is 47.2 Å². The van der Waals surface area contributed by atoms with Crippen molar-refractivity contribution in [1.82, 2.24) is 19.6 Å². The number of aromatic nitrogens is 4. The summed E-state index contributed by atoms with van der Waals surface area (Å²) in [7, 11) is 1.51. The first-order valence-electron chi connectivity index (χ1n) is 8.51. The van der Waals surface area contributed by atoms with Gasteiger partial charge in [-0.2, -0.15) is 4.98 Å². The monoisotopic (exact) mass is 407 g/mol. The van der Waals surface area contributed by atoms with Crippen LogP contribution in [-0.2, 0) is 4.79 Å². The summed E-state index contributed by atoms with van der Waals surface area (Å²) in [6, 6.07) is 12.0. The van der Waals surface area contributed by atoms with Crippen LogP contribution in [-0.4, -0.2) is 38.8 Å². The number of methoxy groups -OCH3 is 1. The average Bonchev–Trinajstić information content (AvgIpc) is 3.16. The van der Waals surface area contributed by atoms with Gasteiger partial charge in [-0.3, -0.25) is 9.59 Å². The highest BCUT2D eigenvalue weighted by molar-refractivity contribution is 6.33. The van der Waals surface area contributed by atoms with Crippen molar-refractivity contribution >= 4 is 41.0 Å². The van der Waals surface area contributed by atoms with E-state index in [9.17, 15) is 9.59 Å². The van der Waals surface area contributed by atoms with Gasteiger partial charge in [-0.15, -0.1) is 5.10 Å². The molecule has 0 aliphatic rings. The van der Waals surface area contributed by atoms with Gasteiger partial charge in [0.05, 0.1) is 7.11 Å². The van der Waals surface area contributed by atoms with Crippen LogP contribution in [0, 0.1) is 0 Å². The summed E-state index contributed by atoms with van der Waals surface area (Å²) >= 11 is 6.20. The zero-order valence-corrected chi connectivity index (χ0v) is 15.9. The predicted octanol–water partition coefficient (Wildman–Crippen LogP) is 3.58. The van der Waals surface area contributed by atoms with Crippen molar-refractivity contribution in [3.8, 4) is 17.0 Å². The molecule has 9 heteroatoms. The van der Waals surface area contributed by atoms with Crippen molar-refractivity contribution in [2.45, 2.75) is 0 Å². The molecule has 0 saturated carbocycles. The minimum Gasteiger partial charge on any atom is -0.480 e. The van der Waals surface area contributed by atoms with Gasteiger partial charge in [-0.05, 0) is 42.5 Å². The van der Waals surface area contributed by atoms with E-state index in [0.717, 1.165) is 11.1 Å². The molecule has 4 rings (SSSR count). The molecule has 1 aromatic carbocycles. The molecule has 3 heterocycles. The summed E-state index contributed by atoms with van der Waals surface area (Å²) in [6.07, 6.45) is 3.72. The number of fused-ring (bicyclic) bond motifs is 1. The number of rotatable bonds is 6. The van der Waals surface area contributed by atoms with E-state index >= 15 is 0 Å². The standard InChI is InChI=1S/C20H14ClN5O3/c1-29-19-16(21)9-13(10-22-19)15-3-2-8-26-18(15)24-20(25-26)23-14-6-4-12(5-7-14)17(28)11-27/h2-11H,1H3,(H,23,25). The molecular formula is C20H14ClN5O3. The highest BCUT2D eigenvalue weighted by atomic mass is 35.5. The number of ketones is 1. The van der Waals surface area contributed by atoms with Crippen LogP contribution < -0.4 is 10.1 Å². The Morgan fingerprint density at radius 1 is 1.24 bits per heavy atom. The molecule has 0 aliphatic carbocycles. The normalized spacial score (nSPS) is 10.7. The molecule has 0 bridgehead atoms. The molecule has 1 N–H and O–H groups in total. The van der Waals surface area contributed by atoms with Crippen LogP contribution in [0.2, 0.25) is 5.02 Å². The Morgan fingerprint density at radius 2 is 2.03 bits per heavy atom. The lowest BCUT2D eigenvalue weighted by Gasteiger charge is -2.05. The summed E-state index contributed by atoms with van der Waals surface area (Å²) < 4.78 is 6.74. The highest BCUT2D eigenvalue weighted by Crippen LogP contribution is 2.30. The van der Waals surface area contributed by atoms with E-state index in [1.165, 1.54) is 7.11 Å². The maximum atomic E-state index is 11.4. The van der Waals surface area contributed by atoms with Crippen LogP contribution in [0.25, 0.3) is 16.8 Å². The first-order valence-corrected chi connectivity index (χ1v) is 8.88. The lowest BCUT2D eigenvalue weighted by molar-refractivity contribution is -0.104. The van der Waals surface area contributed by atoms with Crippen LogP contribution in [0.1, 0.15) is 10.4 Å². The molecule has 0 fully saturated rings. The maximum absolute atomic E-state index is 11.4. The average molecular weight is 408 g/mol. The van der Waals surface area contributed by atoms with Crippen LogP contribution in [0.3, 0.4) is 0 Å². The molecule has 0 radical (unpaired) electrons. The summed E-state index contributed by atoms with van der Waals surface area (Å²) in [4.78, 5) is 30.7. The van der Waals surface area contributed by atoms with Gasteiger partial charge >= 0.3 is 0 Å². The van der Waals surface area contributed by atoms with Gasteiger partial charge in [-0.1, -0.05) is 11.6 Å². The van der Waals surface area contributed by atoms with E-state index in [-0.39, 0.29) is 6.29 Å². The number of hydrogen-bond acceptors (Lipinski definition) is 7. The molecule has 0 aliphatic heterocycles. The van der Waals surface area contributed by atoms with E-state index in [4.69, 9.17) is 16.3 Å². The van der Waals surface area contributed by atoms with Crippen molar-refractivity contribution in [2.75, 3.05) is 12.4 Å². The molecule has 29 heavy (non-hydrogen) atoms. The number of nitrogens with zero attached hydrogens (tertiary/aromatic N) is 4. The number of anilines is 2. The van der Waals surface area contributed by atoms with Crippen molar-refractivity contribution < 1.29 is 14.3 Å². The predicted molar refractivity (Wildman–Crippen MR) is 108 cm³/mol. The Balaban J connectivity index is 1.66. The summed E-state index contributed by atoms with van der Waals surface area (Å²) in [5.41, 5.74) is 3.19. The minimum absolute atomic E-state index is 0.286.